The Morgan fingerprint density at radius 3 is 2.23 bits per heavy atom. The number of ether oxygens (including phenoxy) is 1. The number of carboxylic acid groups (broad SMARTS) is 2. The number of halogens is 2. The predicted octanol–water partition coefficient (Wildman–Crippen LogP) is 3.15. The number of carboxylic acids is 2. The van der Waals surface area contributed by atoms with Gasteiger partial charge in [0.15, 0.2) is 0 Å². The van der Waals surface area contributed by atoms with E-state index in [-0.39, 0.29) is 17.9 Å². The summed E-state index contributed by atoms with van der Waals surface area (Å²) in [6.07, 6.45) is 1.47. The Kier molecular flexibility index (Phi) is 7.15. The second-order valence-electron chi connectivity index (χ2n) is 6.38. The van der Waals surface area contributed by atoms with Crippen LogP contribution < -0.4 is 10.1 Å². The lowest BCUT2D eigenvalue weighted by Crippen LogP contribution is -2.35. The van der Waals surface area contributed by atoms with Crippen LogP contribution in [0.4, 0.5) is 4.79 Å². The highest BCUT2D eigenvalue weighted by atomic mass is 127. The number of amides is 3. The molecule has 3 rings (SSSR count). The maximum absolute atomic E-state index is 12.3. The van der Waals surface area contributed by atoms with Gasteiger partial charge in [0.2, 0.25) is 0 Å². The van der Waals surface area contributed by atoms with Gasteiger partial charge >= 0.3 is 18.0 Å². The van der Waals surface area contributed by atoms with Gasteiger partial charge in [0.25, 0.3) is 5.91 Å². The number of carbonyl (C=O) groups excluding carboxylic acids is 2. The molecule has 2 aromatic carbocycles. The molecule has 3 amide bonds. The first-order valence-corrected chi connectivity index (χ1v) is 10.8. The normalized spacial score (nSPS) is 14.6. The molecule has 0 bridgehead atoms. The Hall–Kier alpha value is -2.68. The molecule has 2 aromatic rings. The Morgan fingerprint density at radius 1 is 1.06 bits per heavy atom. The molecule has 0 radical (unpaired) electrons. The van der Waals surface area contributed by atoms with E-state index in [9.17, 15) is 19.2 Å². The quantitative estimate of drug-likeness (QED) is 0.239. The van der Waals surface area contributed by atoms with Gasteiger partial charge in [-0.25, -0.2) is 14.5 Å². The summed E-state index contributed by atoms with van der Waals surface area (Å²) in [5.74, 6) is -2.36. The molecular formula is C20H14I2N2O7. The summed E-state index contributed by atoms with van der Waals surface area (Å²) in [5, 5.41) is 20.2. The van der Waals surface area contributed by atoms with Crippen molar-refractivity contribution in [1.29, 1.82) is 0 Å². The Bertz CT molecular complexity index is 1090. The largest absolute Gasteiger partial charge is 0.487 e. The van der Waals surface area contributed by atoms with Crippen LogP contribution in [0.2, 0.25) is 0 Å². The van der Waals surface area contributed by atoms with Crippen LogP contribution in [0.25, 0.3) is 6.08 Å². The fourth-order valence-corrected chi connectivity index (χ4v) is 4.84. The first-order chi connectivity index (χ1) is 14.7. The second kappa shape index (κ2) is 9.64. The van der Waals surface area contributed by atoms with Crippen molar-refractivity contribution in [3.05, 3.63) is 65.9 Å². The van der Waals surface area contributed by atoms with Gasteiger partial charge in [-0.05, 0) is 86.7 Å². The van der Waals surface area contributed by atoms with Crippen LogP contribution in [-0.4, -0.2) is 45.5 Å². The number of rotatable bonds is 7. The van der Waals surface area contributed by atoms with E-state index in [1.54, 1.807) is 24.3 Å². The van der Waals surface area contributed by atoms with Crippen molar-refractivity contribution >= 4 is 75.1 Å². The van der Waals surface area contributed by atoms with Crippen LogP contribution in [-0.2, 0) is 16.2 Å². The van der Waals surface area contributed by atoms with Gasteiger partial charge in [-0.15, -0.1) is 0 Å². The maximum atomic E-state index is 12.3. The number of hydrogen-bond acceptors (Lipinski definition) is 5. The average Bonchev–Trinajstić information content (AvgIpc) is 2.94. The van der Waals surface area contributed by atoms with Crippen LogP contribution in [0.5, 0.6) is 5.75 Å². The number of nitrogens with zero attached hydrogens (tertiary/aromatic N) is 1. The van der Waals surface area contributed by atoms with Crippen molar-refractivity contribution in [3.63, 3.8) is 0 Å². The molecule has 1 aliphatic heterocycles. The summed E-state index contributed by atoms with van der Waals surface area (Å²) in [7, 11) is 0. The van der Waals surface area contributed by atoms with Crippen molar-refractivity contribution < 1.29 is 34.1 Å². The van der Waals surface area contributed by atoms with E-state index >= 15 is 0 Å². The zero-order chi connectivity index (χ0) is 22.7. The van der Waals surface area contributed by atoms with E-state index in [1.807, 2.05) is 0 Å². The molecule has 11 heteroatoms. The number of aromatic carboxylic acids is 1. The summed E-state index contributed by atoms with van der Waals surface area (Å²) >= 11 is 4.17. The Balaban J connectivity index is 1.75. The third-order valence-electron chi connectivity index (χ3n) is 4.17. The van der Waals surface area contributed by atoms with Crippen molar-refractivity contribution in [3.8, 4) is 5.75 Å². The fraction of sp³-hybridized carbons (Fsp3) is 0.100. The molecule has 0 aromatic heterocycles. The highest BCUT2D eigenvalue weighted by Gasteiger charge is 2.34. The van der Waals surface area contributed by atoms with E-state index in [1.165, 1.54) is 18.2 Å². The number of nitrogens with one attached hydrogen (secondary N) is 1. The van der Waals surface area contributed by atoms with Crippen LogP contribution in [0, 0.1) is 7.14 Å². The van der Waals surface area contributed by atoms with E-state index in [4.69, 9.17) is 14.9 Å². The van der Waals surface area contributed by atoms with E-state index < -0.39 is 30.4 Å². The summed E-state index contributed by atoms with van der Waals surface area (Å²) in [5.41, 5.74) is 1.62. The number of benzene rings is 2. The standard InChI is InChI=1S/C20H14I2N2O7/c21-13-5-11(7-15-18(27)24(8-16(25)26)20(30)23-15)6-14(22)17(13)31-9-10-1-3-12(4-2-10)19(28)29/h1-7H,8-9H2,(H,23,30)(H,25,26)(H,28,29)/b15-7+. The fourth-order valence-electron chi connectivity index (χ4n) is 2.72. The zero-order valence-corrected chi connectivity index (χ0v) is 19.9. The molecule has 1 saturated heterocycles. The van der Waals surface area contributed by atoms with Gasteiger partial charge in [-0.2, -0.15) is 0 Å². The molecule has 0 aliphatic carbocycles. The molecule has 31 heavy (non-hydrogen) atoms. The van der Waals surface area contributed by atoms with Crippen molar-refractivity contribution in [1.82, 2.24) is 10.2 Å². The van der Waals surface area contributed by atoms with Gasteiger partial charge in [0.1, 0.15) is 24.6 Å². The van der Waals surface area contributed by atoms with Gasteiger partial charge in [-0.1, -0.05) is 12.1 Å². The molecule has 160 valence electrons. The van der Waals surface area contributed by atoms with Gasteiger partial charge in [0, 0.05) is 0 Å². The van der Waals surface area contributed by atoms with E-state index in [0.29, 0.717) is 16.2 Å². The molecule has 0 saturated carbocycles. The van der Waals surface area contributed by atoms with Crippen LogP contribution in [0.15, 0.2) is 42.1 Å². The van der Waals surface area contributed by atoms with Crippen LogP contribution in [0.3, 0.4) is 0 Å². The first kappa shape index (κ1) is 23.0. The van der Waals surface area contributed by atoms with Crippen molar-refractivity contribution in [2.24, 2.45) is 0 Å². The Labute approximate surface area is 203 Å². The maximum Gasteiger partial charge on any atom is 0.335 e. The van der Waals surface area contributed by atoms with Crippen LogP contribution in [0.1, 0.15) is 21.5 Å². The first-order valence-electron chi connectivity index (χ1n) is 8.66. The minimum atomic E-state index is -1.28. The molecular weight excluding hydrogens is 634 g/mol. The molecule has 0 spiro atoms. The molecule has 9 nitrogen and oxygen atoms in total. The number of hydrogen-bond donors (Lipinski definition) is 3. The lowest BCUT2D eigenvalue weighted by Gasteiger charge is -2.12. The SMILES string of the molecule is O=C(O)CN1C(=O)N/C(=C/c2cc(I)c(OCc3ccc(C(=O)O)cc3)c(I)c2)C1=O. The van der Waals surface area contributed by atoms with E-state index in [0.717, 1.165) is 12.7 Å². The van der Waals surface area contributed by atoms with E-state index in [2.05, 4.69) is 50.5 Å². The Morgan fingerprint density at radius 2 is 1.68 bits per heavy atom. The summed E-state index contributed by atoms with van der Waals surface area (Å²) < 4.78 is 7.41. The molecule has 0 atom stereocenters. The lowest BCUT2D eigenvalue weighted by molar-refractivity contribution is -0.140. The third-order valence-corrected chi connectivity index (χ3v) is 5.77. The minimum absolute atomic E-state index is 0.00922. The summed E-state index contributed by atoms with van der Waals surface area (Å²) in [4.78, 5) is 46.4. The predicted molar refractivity (Wildman–Crippen MR) is 125 cm³/mol. The van der Waals surface area contributed by atoms with Crippen LogP contribution >= 0.6 is 45.2 Å². The van der Waals surface area contributed by atoms with Crippen molar-refractivity contribution in [2.45, 2.75) is 6.61 Å². The van der Waals surface area contributed by atoms with Gasteiger partial charge in [0.05, 0.1) is 12.7 Å². The zero-order valence-electron chi connectivity index (χ0n) is 15.6. The highest BCUT2D eigenvalue weighted by Crippen LogP contribution is 2.31. The van der Waals surface area contributed by atoms with Crippen molar-refractivity contribution in [2.75, 3.05) is 6.54 Å². The number of carbonyl (C=O) groups is 4. The molecule has 1 fully saturated rings. The van der Waals surface area contributed by atoms with Gasteiger partial charge in [-0.3, -0.25) is 9.59 Å². The summed E-state index contributed by atoms with van der Waals surface area (Å²) in [6.45, 7) is -0.470. The molecule has 1 heterocycles. The topological polar surface area (TPSA) is 133 Å². The highest BCUT2D eigenvalue weighted by molar-refractivity contribution is 14.1. The summed E-state index contributed by atoms with van der Waals surface area (Å²) in [6, 6.07) is 9.12. The second-order valence-corrected chi connectivity index (χ2v) is 8.70. The molecule has 3 N–H and O–H groups in total. The minimum Gasteiger partial charge on any atom is -0.487 e. The van der Waals surface area contributed by atoms with Gasteiger partial charge < -0.3 is 20.3 Å². The number of urea groups is 1. The molecule has 0 unspecified atom stereocenters. The molecule has 1 aliphatic rings. The lowest BCUT2D eigenvalue weighted by atomic mass is 10.1. The third kappa shape index (κ3) is 5.52. The number of imide groups is 1. The average molecular weight is 648 g/mol. The monoisotopic (exact) mass is 648 g/mol. The smallest absolute Gasteiger partial charge is 0.335 e. The number of aliphatic carboxylic acids is 1.